The first-order valence-electron chi connectivity index (χ1n) is 5.48. The summed E-state index contributed by atoms with van der Waals surface area (Å²) in [4.78, 5) is 4.25. The van der Waals surface area contributed by atoms with Crippen molar-refractivity contribution in [2.75, 3.05) is 6.61 Å². The van der Waals surface area contributed by atoms with Gasteiger partial charge in [-0.3, -0.25) is 0 Å². The highest BCUT2D eigenvalue weighted by Crippen LogP contribution is 2.21. The first kappa shape index (κ1) is 11.2. The highest BCUT2D eigenvalue weighted by Gasteiger charge is 1.99. The molecule has 1 aromatic heterocycles. The molecule has 3 heteroatoms. The van der Waals surface area contributed by atoms with E-state index in [2.05, 4.69) is 11.9 Å². The molecule has 0 amide bonds. The molecular weight excluding hydrogens is 222 g/mol. The maximum absolute atomic E-state index is 5.85. The smallest absolute Gasteiger partial charge is 0.129 e. The van der Waals surface area contributed by atoms with Crippen molar-refractivity contribution >= 4 is 22.5 Å². The monoisotopic (exact) mass is 235 g/mol. The molecule has 0 aliphatic rings. The van der Waals surface area contributed by atoms with E-state index in [9.17, 15) is 0 Å². The molecule has 0 unspecified atom stereocenters. The first-order valence-corrected chi connectivity index (χ1v) is 5.86. The van der Waals surface area contributed by atoms with Crippen molar-refractivity contribution in [3.63, 3.8) is 0 Å². The molecule has 0 fully saturated rings. The predicted molar refractivity (Wildman–Crippen MR) is 67.2 cm³/mol. The van der Waals surface area contributed by atoms with Gasteiger partial charge in [0.1, 0.15) is 10.9 Å². The van der Waals surface area contributed by atoms with E-state index in [1.165, 1.54) is 0 Å². The van der Waals surface area contributed by atoms with Gasteiger partial charge in [-0.05, 0) is 30.7 Å². The van der Waals surface area contributed by atoms with E-state index in [0.717, 1.165) is 36.1 Å². The Hall–Kier alpha value is -1.28. The molecule has 0 saturated heterocycles. The Kier molecular flexibility index (Phi) is 3.62. The highest BCUT2D eigenvalue weighted by molar-refractivity contribution is 6.29. The first-order chi connectivity index (χ1) is 7.79. The van der Waals surface area contributed by atoms with Crippen molar-refractivity contribution in [2.24, 2.45) is 0 Å². The van der Waals surface area contributed by atoms with E-state index in [1.807, 2.05) is 24.3 Å². The number of hydrogen-bond donors (Lipinski definition) is 0. The van der Waals surface area contributed by atoms with Crippen molar-refractivity contribution in [1.29, 1.82) is 0 Å². The number of halogens is 1. The van der Waals surface area contributed by atoms with Crippen LogP contribution in [0, 0.1) is 0 Å². The average Bonchev–Trinajstić information content (AvgIpc) is 2.29. The Balaban J connectivity index is 2.21. The van der Waals surface area contributed by atoms with Gasteiger partial charge >= 0.3 is 0 Å². The average molecular weight is 236 g/mol. The summed E-state index contributed by atoms with van der Waals surface area (Å²) in [5.41, 5.74) is 0.876. The molecule has 0 aliphatic heterocycles. The fraction of sp³-hybridized carbons (Fsp3) is 0.308. The van der Waals surface area contributed by atoms with Crippen molar-refractivity contribution in [3.05, 3.63) is 35.5 Å². The lowest BCUT2D eigenvalue weighted by Gasteiger charge is -2.06. The molecule has 1 heterocycles. The lowest BCUT2D eigenvalue weighted by molar-refractivity contribution is 0.310. The van der Waals surface area contributed by atoms with Gasteiger partial charge < -0.3 is 4.74 Å². The fourth-order valence-corrected chi connectivity index (χ4v) is 1.65. The summed E-state index contributed by atoms with van der Waals surface area (Å²) in [5, 5.41) is 1.59. The Labute approximate surface area is 100 Å². The van der Waals surface area contributed by atoms with Crippen LogP contribution in [-0.2, 0) is 0 Å². The molecular formula is C13H14ClNO. The van der Waals surface area contributed by atoms with E-state index in [0.29, 0.717) is 5.15 Å². The van der Waals surface area contributed by atoms with E-state index < -0.39 is 0 Å². The Bertz CT molecular complexity index is 484. The second kappa shape index (κ2) is 5.17. The maximum Gasteiger partial charge on any atom is 0.129 e. The molecule has 0 radical (unpaired) electrons. The fourth-order valence-electron chi connectivity index (χ4n) is 1.50. The van der Waals surface area contributed by atoms with Crippen LogP contribution in [-0.4, -0.2) is 11.6 Å². The van der Waals surface area contributed by atoms with Crippen LogP contribution >= 0.6 is 11.6 Å². The number of fused-ring (bicyclic) bond motifs is 1. The van der Waals surface area contributed by atoms with Gasteiger partial charge in [-0.2, -0.15) is 0 Å². The van der Waals surface area contributed by atoms with Gasteiger partial charge in [-0.15, -0.1) is 0 Å². The molecule has 0 aliphatic carbocycles. The Morgan fingerprint density at radius 2 is 2.06 bits per heavy atom. The molecule has 2 rings (SSSR count). The number of pyridine rings is 1. The standard InChI is InChI=1S/C13H14ClNO/c1-2-3-8-16-11-6-4-10-5-7-13(14)15-12(10)9-11/h4-7,9H,2-3,8H2,1H3. The van der Waals surface area contributed by atoms with Gasteiger partial charge in [0.25, 0.3) is 0 Å². The van der Waals surface area contributed by atoms with E-state index in [4.69, 9.17) is 16.3 Å². The molecule has 0 spiro atoms. The number of nitrogens with zero attached hydrogens (tertiary/aromatic N) is 1. The lowest BCUT2D eigenvalue weighted by atomic mass is 10.2. The summed E-state index contributed by atoms with van der Waals surface area (Å²) in [6.45, 7) is 2.90. The van der Waals surface area contributed by atoms with Crippen LogP contribution in [0.15, 0.2) is 30.3 Å². The summed E-state index contributed by atoms with van der Waals surface area (Å²) >= 11 is 5.85. The normalized spacial score (nSPS) is 10.6. The molecule has 0 saturated carbocycles. The SMILES string of the molecule is CCCCOc1ccc2ccc(Cl)nc2c1. The predicted octanol–water partition coefficient (Wildman–Crippen LogP) is 4.07. The number of hydrogen-bond acceptors (Lipinski definition) is 2. The highest BCUT2D eigenvalue weighted by atomic mass is 35.5. The van der Waals surface area contributed by atoms with Crippen molar-refractivity contribution < 1.29 is 4.74 Å². The summed E-state index contributed by atoms with van der Waals surface area (Å²) in [6.07, 6.45) is 2.21. The molecule has 84 valence electrons. The minimum absolute atomic E-state index is 0.512. The molecule has 2 aromatic rings. The van der Waals surface area contributed by atoms with Crippen molar-refractivity contribution in [1.82, 2.24) is 4.98 Å². The number of aromatic nitrogens is 1. The van der Waals surface area contributed by atoms with Gasteiger partial charge in [-0.25, -0.2) is 4.98 Å². The molecule has 0 N–H and O–H groups in total. The summed E-state index contributed by atoms with van der Waals surface area (Å²) in [5.74, 6) is 0.857. The van der Waals surface area contributed by atoms with Crippen LogP contribution in [0.4, 0.5) is 0 Å². The third kappa shape index (κ3) is 2.64. The zero-order chi connectivity index (χ0) is 11.4. The molecule has 16 heavy (non-hydrogen) atoms. The quantitative estimate of drug-likeness (QED) is 0.589. The minimum Gasteiger partial charge on any atom is -0.494 e. The summed E-state index contributed by atoms with van der Waals surface area (Å²) in [7, 11) is 0. The molecule has 0 bridgehead atoms. The van der Waals surface area contributed by atoms with Crippen LogP contribution in [0.2, 0.25) is 5.15 Å². The largest absolute Gasteiger partial charge is 0.494 e. The third-order valence-corrected chi connectivity index (χ3v) is 2.61. The zero-order valence-corrected chi connectivity index (χ0v) is 10.00. The van der Waals surface area contributed by atoms with Crippen LogP contribution in [0.5, 0.6) is 5.75 Å². The minimum atomic E-state index is 0.512. The topological polar surface area (TPSA) is 22.1 Å². The Morgan fingerprint density at radius 1 is 1.25 bits per heavy atom. The van der Waals surface area contributed by atoms with Crippen LogP contribution < -0.4 is 4.74 Å². The van der Waals surface area contributed by atoms with E-state index in [1.54, 1.807) is 6.07 Å². The third-order valence-electron chi connectivity index (χ3n) is 2.40. The Morgan fingerprint density at radius 3 is 2.88 bits per heavy atom. The molecule has 0 atom stereocenters. The lowest BCUT2D eigenvalue weighted by Crippen LogP contribution is -1.96. The van der Waals surface area contributed by atoms with Crippen molar-refractivity contribution in [3.8, 4) is 5.75 Å². The summed E-state index contributed by atoms with van der Waals surface area (Å²) in [6, 6.07) is 9.65. The van der Waals surface area contributed by atoms with Gasteiger partial charge in [0.15, 0.2) is 0 Å². The second-order valence-corrected chi connectivity index (χ2v) is 4.08. The molecule has 2 nitrogen and oxygen atoms in total. The maximum atomic E-state index is 5.85. The number of unbranched alkanes of at least 4 members (excludes halogenated alkanes) is 1. The number of rotatable bonds is 4. The van der Waals surface area contributed by atoms with Gasteiger partial charge in [0.2, 0.25) is 0 Å². The van der Waals surface area contributed by atoms with Gasteiger partial charge in [0, 0.05) is 11.5 Å². The van der Waals surface area contributed by atoms with Crippen LogP contribution in [0.1, 0.15) is 19.8 Å². The number of ether oxygens (including phenoxy) is 1. The van der Waals surface area contributed by atoms with Gasteiger partial charge in [-0.1, -0.05) is 24.9 Å². The summed E-state index contributed by atoms with van der Waals surface area (Å²) < 4.78 is 5.61. The van der Waals surface area contributed by atoms with Gasteiger partial charge in [0.05, 0.1) is 12.1 Å². The van der Waals surface area contributed by atoms with Crippen LogP contribution in [0.25, 0.3) is 10.9 Å². The van der Waals surface area contributed by atoms with Crippen molar-refractivity contribution in [2.45, 2.75) is 19.8 Å². The second-order valence-electron chi connectivity index (χ2n) is 3.69. The number of benzene rings is 1. The van der Waals surface area contributed by atoms with Crippen LogP contribution in [0.3, 0.4) is 0 Å². The van der Waals surface area contributed by atoms with E-state index in [-0.39, 0.29) is 0 Å². The molecule has 1 aromatic carbocycles. The zero-order valence-electron chi connectivity index (χ0n) is 9.24. The van der Waals surface area contributed by atoms with E-state index >= 15 is 0 Å².